The quantitative estimate of drug-likeness (QED) is 0.518. The number of methoxy groups -OCH3 is 1. The molecule has 166 valence electrons. The van der Waals surface area contributed by atoms with Gasteiger partial charge in [-0.1, -0.05) is 47.5 Å². The summed E-state index contributed by atoms with van der Waals surface area (Å²) in [5, 5.41) is 2.78. The van der Waals surface area contributed by atoms with E-state index in [1.165, 1.54) is 37.4 Å². The fourth-order valence-corrected chi connectivity index (χ4v) is 4.56. The van der Waals surface area contributed by atoms with Crippen LogP contribution in [0.1, 0.15) is 15.9 Å². The molecule has 3 rings (SSSR count). The molecule has 0 atom stereocenters. The fourth-order valence-electron chi connectivity index (χ4n) is 2.95. The predicted molar refractivity (Wildman–Crippen MR) is 124 cm³/mol. The standard InChI is InChI=1S/C23H21ClN2O5S/c1-16-8-11-19(12-9-16)32(29,30)26(18-6-4-3-5-7-18)15-22(27)25-17-10-13-21(24)20(14-17)23(28)31-2/h3-14H,15H2,1-2H3,(H,25,27). The molecule has 3 aromatic rings. The van der Waals surface area contributed by atoms with Gasteiger partial charge in [0.25, 0.3) is 10.0 Å². The first kappa shape index (κ1) is 23.3. The average molecular weight is 473 g/mol. The van der Waals surface area contributed by atoms with Gasteiger partial charge < -0.3 is 10.1 Å². The summed E-state index contributed by atoms with van der Waals surface area (Å²) in [4.78, 5) is 24.7. The highest BCUT2D eigenvalue weighted by Gasteiger charge is 2.27. The zero-order valence-electron chi connectivity index (χ0n) is 17.4. The number of carbonyl (C=O) groups is 2. The number of sulfonamides is 1. The number of aryl methyl sites for hydroxylation is 1. The highest BCUT2D eigenvalue weighted by atomic mass is 35.5. The Morgan fingerprint density at radius 1 is 1.00 bits per heavy atom. The highest BCUT2D eigenvalue weighted by Crippen LogP contribution is 2.25. The molecule has 1 amide bonds. The molecule has 0 fully saturated rings. The molecule has 0 heterocycles. The van der Waals surface area contributed by atoms with Crippen LogP contribution < -0.4 is 9.62 Å². The van der Waals surface area contributed by atoms with E-state index in [2.05, 4.69) is 10.1 Å². The van der Waals surface area contributed by atoms with Crippen molar-refractivity contribution < 1.29 is 22.7 Å². The zero-order valence-corrected chi connectivity index (χ0v) is 19.0. The van der Waals surface area contributed by atoms with Crippen LogP contribution in [0.25, 0.3) is 0 Å². The summed E-state index contributed by atoms with van der Waals surface area (Å²) in [5.41, 5.74) is 1.62. The number of nitrogens with one attached hydrogen (secondary N) is 1. The number of rotatable bonds is 7. The average Bonchev–Trinajstić information content (AvgIpc) is 2.79. The van der Waals surface area contributed by atoms with E-state index in [0.29, 0.717) is 5.69 Å². The van der Waals surface area contributed by atoms with Crippen LogP contribution in [0.4, 0.5) is 11.4 Å². The van der Waals surface area contributed by atoms with E-state index in [1.807, 2.05) is 6.92 Å². The minimum absolute atomic E-state index is 0.0687. The Bertz CT molecular complexity index is 1230. The normalized spacial score (nSPS) is 11.0. The number of esters is 1. The minimum Gasteiger partial charge on any atom is -0.465 e. The lowest BCUT2D eigenvalue weighted by atomic mass is 10.2. The van der Waals surface area contributed by atoms with Gasteiger partial charge in [0, 0.05) is 5.69 Å². The number of anilines is 2. The summed E-state index contributed by atoms with van der Waals surface area (Å²) < 4.78 is 32.4. The van der Waals surface area contributed by atoms with Crippen molar-refractivity contribution in [2.24, 2.45) is 0 Å². The Labute approximate surface area is 191 Å². The van der Waals surface area contributed by atoms with E-state index in [1.54, 1.807) is 42.5 Å². The van der Waals surface area contributed by atoms with Crippen LogP contribution in [-0.2, 0) is 19.6 Å². The maximum Gasteiger partial charge on any atom is 0.339 e. The topological polar surface area (TPSA) is 92.8 Å². The minimum atomic E-state index is -4.01. The second-order valence-electron chi connectivity index (χ2n) is 6.89. The van der Waals surface area contributed by atoms with Gasteiger partial charge in [0.2, 0.25) is 5.91 Å². The van der Waals surface area contributed by atoms with Gasteiger partial charge in [-0.25, -0.2) is 13.2 Å². The van der Waals surface area contributed by atoms with Crippen molar-refractivity contribution in [1.29, 1.82) is 0 Å². The van der Waals surface area contributed by atoms with Crippen molar-refractivity contribution in [3.63, 3.8) is 0 Å². The Morgan fingerprint density at radius 3 is 2.28 bits per heavy atom. The Morgan fingerprint density at radius 2 is 1.66 bits per heavy atom. The van der Waals surface area contributed by atoms with Crippen LogP contribution in [0.15, 0.2) is 77.7 Å². The second kappa shape index (κ2) is 9.84. The molecule has 0 bridgehead atoms. The van der Waals surface area contributed by atoms with Crippen LogP contribution >= 0.6 is 11.6 Å². The van der Waals surface area contributed by atoms with Gasteiger partial charge in [-0.05, 0) is 49.4 Å². The maximum atomic E-state index is 13.3. The van der Waals surface area contributed by atoms with Crippen LogP contribution in [0, 0.1) is 6.92 Å². The molecule has 0 radical (unpaired) electrons. The zero-order chi connectivity index (χ0) is 23.3. The third-order valence-electron chi connectivity index (χ3n) is 4.60. The first-order valence-corrected chi connectivity index (χ1v) is 11.4. The number of hydrogen-bond acceptors (Lipinski definition) is 5. The van der Waals surface area contributed by atoms with E-state index >= 15 is 0 Å². The molecule has 0 spiro atoms. The number of para-hydroxylation sites is 1. The van der Waals surface area contributed by atoms with Crippen molar-refractivity contribution in [3.8, 4) is 0 Å². The van der Waals surface area contributed by atoms with Crippen molar-refractivity contribution in [2.75, 3.05) is 23.3 Å². The van der Waals surface area contributed by atoms with E-state index < -0.39 is 28.4 Å². The summed E-state index contributed by atoms with van der Waals surface area (Å²) in [6.07, 6.45) is 0. The van der Waals surface area contributed by atoms with Gasteiger partial charge in [-0.3, -0.25) is 9.10 Å². The van der Waals surface area contributed by atoms with Gasteiger partial charge >= 0.3 is 5.97 Å². The first-order valence-electron chi connectivity index (χ1n) is 9.54. The molecule has 7 nitrogen and oxygen atoms in total. The SMILES string of the molecule is COC(=O)c1cc(NC(=O)CN(c2ccccc2)S(=O)(=O)c2ccc(C)cc2)ccc1Cl. The van der Waals surface area contributed by atoms with Gasteiger partial charge in [0.1, 0.15) is 6.54 Å². The predicted octanol–water partition coefficient (Wildman–Crippen LogP) is 4.27. The third kappa shape index (κ3) is 5.27. The summed E-state index contributed by atoms with van der Waals surface area (Å²) in [6.45, 7) is 1.38. The highest BCUT2D eigenvalue weighted by molar-refractivity contribution is 7.92. The molecule has 0 saturated carbocycles. The van der Waals surface area contributed by atoms with E-state index in [0.717, 1.165) is 9.87 Å². The number of halogens is 1. The molecule has 0 aliphatic carbocycles. The van der Waals surface area contributed by atoms with Crippen molar-refractivity contribution in [1.82, 2.24) is 0 Å². The maximum absolute atomic E-state index is 13.3. The summed E-state index contributed by atoms with van der Waals surface area (Å²) >= 11 is 6.01. The summed E-state index contributed by atoms with van der Waals surface area (Å²) in [5.74, 6) is -1.25. The number of benzene rings is 3. The lowest BCUT2D eigenvalue weighted by molar-refractivity contribution is -0.114. The smallest absolute Gasteiger partial charge is 0.339 e. The van der Waals surface area contributed by atoms with E-state index in [9.17, 15) is 18.0 Å². The molecule has 32 heavy (non-hydrogen) atoms. The van der Waals surface area contributed by atoms with Gasteiger partial charge in [0.15, 0.2) is 0 Å². The molecule has 0 saturated heterocycles. The lowest BCUT2D eigenvalue weighted by Gasteiger charge is -2.24. The molecule has 0 aromatic heterocycles. The summed E-state index contributed by atoms with van der Waals surface area (Å²) in [6, 6.07) is 19.1. The number of carbonyl (C=O) groups excluding carboxylic acids is 2. The number of ether oxygens (including phenoxy) is 1. The van der Waals surface area contributed by atoms with Crippen molar-refractivity contribution >= 4 is 44.9 Å². The van der Waals surface area contributed by atoms with E-state index in [4.69, 9.17) is 11.6 Å². The lowest BCUT2D eigenvalue weighted by Crippen LogP contribution is -2.38. The summed E-state index contributed by atoms with van der Waals surface area (Å²) in [7, 11) is -2.79. The van der Waals surface area contributed by atoms with E-state index in [-0.39, 0.29) is 21.2 Å². The molecule has 3 aromatic carbocycles. The Kier molecular flexibility index (Phi) is 7.17. The van der Waals surface area contributed by atoms with Crippen LogP contribution in [0.5, 0.6) is 0 Å². The van der Waals surface area contributed by atoms with Crippen LogP contribution in [0.3, 0.4) is 0 Å². The fraction of sp³-hybridized carbons (Fsp3) is 0.130. The van der Waals surface area contributed by atoms with Crippen LogP contribution in [-0.4, -0.2) is 33.9 Å². The first-order chi connectivity index (χ1) is 15.2. The number of amides is 1. The molecule has 0 aliphatic heterocycles. The largest absolute Gasteiger partial charge is 0.465 e. The Hall–Kier alpha value is -3.36. The molecule has 0 unspecified atom stereocenters. The second-order valence-corrected chi connectivity index (χ2v) is 9.16. The van der Waals surface area contributed by atoms with Gasteiger partial charge in [-0.15, -0.1) is 0 Å². The van der Waals surface area contributed by atoms with Gasteiger partial charge in [-0.2, -0.15) is 0 Å². The van der Waals surface area contributed by atoms with Crippen molar-refractivity contribution in [2.45, 2.75) is 11.8 Å². The number of hydrogen-bond donors (Lipinski definition) is 1. The van der Waals surface area contributed by atoms with Gasteiger partial charge in [0.05, 0.1) is 28.3 Å². The van der Waals surface area contributed by atoms with Crippen molar-refractivity contribution in [3.05, 3.63) is 88.9 Å². The molecular formula is C23H21ClN2O5S. The third-order valence-corrected chi connectivity index (χ3v) is 6.71. The molecule has 9 heteroatoms. The monoisotopic (exact) mass is 472 g/mol. The molecular weight excluding hydrogens is 452 g/mol. The van der Waals surface area contributed by atoms with Crippen LogP contribution in [0.2, 0.25) is 5.02 Å². The Balaban J connectivity index is 1.90. The molecule has 1 N–H and O–H groups in total. The molecule has 0 aliphatic rings. The number of nitrogens with zero attached hydrogens (tertiary/aromatic N) is 1.